The van der Waals surface area contributed by atoms with Crippen LogP contribution in [0.4, 0.5) is 18.9 Å². The van der Waals surface area contributed by atoms with Crippen molar-refractivity contribution >= 4 is 11.6 Å². The molecule has 1 saturated heterocycles. The summed E-state index contributed by atoms with van der Waals surface area (Å²) in [6, 6.07) is 3.73. The third-order valence-corrected chi connectivity index (χ3v) is 3.88. The van der Waals surface area contributed by atoms with E-state index in [4.69, 9.17) is 5.73 Å². The molecule has 0 spiro atoms. The zero-order valence-electron chi connectivity index (χ0n) is 12.4. The lowest BCUT2D eigenvalue weighted by Gasteiger charge is -2.32. The van der Waals surface area contributed by atoms with Crippen LogP contribution in [0.2, 0.25) is 0 Å². The second-order valence-electron chi connectivity index (χ2n) is 5.59. The number of amides is 1. The van der Waals surface area contributed by atoms with Crippen LogP contribution in [0.5, 0.6) is 0 Å². The van der Waals surface area contributed by atoms with Crippen LogP contribution < -0.4 is 16.0 Å². The SMILES string of the molecule is CC(Cc1cc(C(F)(F)F)ccc1N1CCNCC1)C(N)=O. The highest BCUT2D eigenvalue weighted by molar-refractivity contribution is 5.77. The fourth-order valence-corrected chi connectivity index (χ4v) is 2.57. The number of anilines is 1. The molecule has 3 N–H and O–H groups in total. The van der Waals surface area contributed by atoms with Gasteiger partial charge in [0.25, 0.3) is 0 Å². The molecule has 4 nitrogen and oxygen atoms in total. The summed E-state index contributed by atoms with van der Waals surface area (Å²) >= 11 is 0. The molecule has 0 radical (unpaired) electrons. The van der Waals surface area contributed by atoms with Gasteiger partial charge in [-0.15, -0.1) is 0 Å². The number of carbonyl (C=O) groups excluding carboxylic acids is 1. The van der Waals surface area contributed by atoms with Crippen molar-refractivity contribution in [2.75, 3.05) is 31.1 Å². The van der Waals surface area contributed by atoms with Gasteiger partial charge in [-0.3, -0.25) is 4.79 Å². The van der Waals surface area contributed by atoms with E-state index in [1.54, 1.807) is 6.92 Å². The van der Waals surface area contributed by atoms with Crippen LogP contribution in [0.1, 0.15) is 18.1 Å². The van der Waals surface area contributed by atoms with Crippen molar-refractivity contribution in [2.45, 2.75) is 19.5 Å². The van der Waals surface area contributed by atoms with Crippen LogP contribution in [0.25, 0.3) is 0 Å². The van der Waals surface area contributed by atoms with Crippen LogP contribution in [0, 0.1) is 5.92 Å². The summed E-state index contributed by atoms with van der Waals surface area (Å²) in [6.07, 6.45) is -4.19. The molecule has 7 heteroatoms. The molecule has 1 aliphatic rings. The van der Waals surface area contributed by atoms with Gasteiger partial charge >= 0.3 is 6.18 Å². The van der Waals surface area contributed by atoms with E-state index < -0.39 is 23.6 Å². The quantitative estimate of drug-likeness (QED) is 0.890. The van der Waals surface area contributed by atoms with Crippen LogP contribution in [0.15, 0.2) is 18.2 Å². The second-order valence-corrected chi connectivity index (χ2v) is 5.59. The molecule has 2 rings (SSSR count). The third kappa shape index (κ3) is 3.91. The fourth-order valence-electron chi connectivity index (χ4n) is 2.57. The maximum absolute atomic E-state index is 12.9. The minimum absolute atomic E-state index is 0.207. The topological polar surface area (TPSA) is 58.4 Å². The Bertz CT molecular complexity index is 539. The maximum atomic E-state index is 12.9. The lowest BCUT2D eigenvalue weighted by molar-refractivity contribution is -0.137. The average molecular weight is 315 g/mol. The van der Waals surface area contributed by atoms with Gasteiger partial charge in [0.15, 0.2) is 0 Å². The first-order chi connectivity index (χ1) is 10.3. The molecule has 0 aliphatic carbocycles. The number of hydrogen-bond acceptors (Lipinski definition) is 3. The molecule has 0 bridgehead atoms. The van der Waals surface area contributed by atoms with Gasteiger partial charge in [0.2, 0.25) is 5.91 Å². The Morgan fingerprint density at radius 2 is 2.00 bits per heavy atom. The molecular formula is C15H20F3N3O. The summed E-state index contributed by atoms with van der Waals surface area (Å²) in [5, 5.41) is 3.20. The zero-order chi connectivity index (χ0) is 16.3. The highest BCUT2D eigenvalue weighted by atomic mass is 19.4. The van der Waals surface area contributed by atoms with Crippen molar-refractivity contribution in [1.82, 2.24) is 5.32 Å². The highest BCUT2D eigenvalue weighted by Gasteiger charge is 2.31. The molecule has 1 fully saturated rings. The van der Waals surface area contributed by atoms with Crippen molar-refractivity contribution in [3.8, 4) is 0 Å². The number of benzene rings is 1. The number of nitrogens with one attached hydrogen (secondary N) is 1. The van der Waals surface area contributed by atoms with E-state index in [1.807, 2.05) is 4.90 Å². The number of alkyl halides is 3. The number of hydrogen-bond donors (Lipinski definition) is 2. The molecule has 1 aromatic rings. The number of nitrogens with zero attached hydrogens (tertiary/aromatic N) is 1. The summed E-state index contributed by atoms with van der Waals surface area (Å²) in [4.78, 5) is 13.3. The third-order valence-electron chi connectivity index (χ3n) is 3.88. The number of nitrogens with two attached hydrogens (primary N) is 1. The summed E-state index contributed by atoms with van der Waals surface area (Å²) in [5.74, 6) is -1.02. The van der Waals surface area contributed by atoms with Crippen LogP contribution >= 0.6 is 0 Å². The van der Waals surface area contributed by atoms with Gasteiger partial charge in [0, 0.05) is 37.8 Å². The Labute approximate surface area is 127 Å². The van der Waals surface area contributed by atoms with Crippen molar-refractivity contribution in [3.63, 3.8) is 0 Å². The molecule has 1 heterocycles. The summed E-state index contributed by atoms with van der Waals surface area (Å²) in [5.41, 5.74) is 5.82. The predicted molar refractivity (Wildman–Crippen MR) is 78.6 cm³/mol. The van der Waals surface area contributed by atoms with Gasteiger partial charge in [-0.25, -0.2) is 0 Å². The smallest absolute Gasteiger partial charge is 0.369 e. The Morgan fingerprint density at radius 1 is 1.36 bits per heavy atom. The van der Waals surface area contributed by atoms with Crippen LogP contribution in [-0.2, 0) is 17.4 Å². The van der Waals surface area contributed by atoms with E-state index in [2.05, 4.69) is 5.32 Å². The van der Waals surface area contributed by atoms with Gasteiger partial charge in [-0.05, 0) is 30.2 Å². The maximum Gasteiger partial charge on any atom is 0.416 e. The largest absolute Gasteiger partial charge is 0.416 e. The number of primary amides is 1. The zero-order valence-corrected chi connectivity index (χ0v) is 12.4. The Balaban J connectivity index is 2.36. The lowest BCUT2D eigenvalue weighted by atomic mass is 9.96. The lowest BCUT2D eigenvalue weighted by Crippen LogP contribution is -2.44. The van der Waals surface area contributed by atoms with Crippen molar-refractivity contribution in [2.24, 2.45) is 11.7 Å². The standard InChI is InChI=1S/C15H20F3N3O/c1-10(14(19)22)8-11-9-12(15(16,17)18)2-3-13(11)21-6-4-20-5-7-21/h2-3,9-10,20H,4-8H2,1H3,(H2,19,22). The Morgan fingerprint density at radius 3 is 2.55 bits per heavy atom. The molecule has 122 valence electrons. The van der Waals surface area contributed by atoms with E-state index >= 15 is 0 Å². The van der Waals surface area contributed by atoms with E-state index in [0.717, 1.165) is 44.0 Å². The van der Waals surface area contributed by atoms with Gasteiger partial charge in [-0.1, -0.05) is 6.92 Å². The molecule has 1 unspecified atom stereocenters. The second kappa shape index (κ2) is 6.56. The first-order valence-electron chi connectivity index (χ1n) is 7.24. The first kappa shape index (κ1) is 16.6. The van der Waals surface area contributed by atoms with Crippen LogP contribution in [0.3, 0.4) is 0 Å². The molecule has 0 saturated carbocycles. The fraction of sp³-hybridized carbons (Fsp3) is 0.533. The Hall–Kier alpha value is -1.76. The predicted octanol–water partition coefficient (Wildman–Crippen LogP) is 1.78. The average Bonchev–Trinajstić information content (AvgIpc) is 2.47. The number of halogens is 3. The Kier molecular flexibility index (Phi) is 4.95. The monoisotopic (exact) mass is 315 g/mol. The van der Waals surface area contributed by atoms with E-state index in [0.29, 0.717) is 5.56 Å². The summed E-state index contributed by atoms with van der Waals surface area (Å²) in [7, 11) is 0. The molecule has 1 atom stereocenters. The van der Waals surface area contributed by atoms with Gasteiger partial charge in [0.1, 0.15) is 0 Å². The van der Waals surface area contributed by atoms with Gasteiger partial charge < -0.3 is 16.0 Å². The highest BCUT2D eigenvalue weighted by Crippen LogP contribution is 2.34. The minimum atomic E-state index is -4.40. The van der Waals surface area contributed by atoms with E-state index in [-0.39, 0.29) is 6.42 Å². The minimum Gasteiger partial charge on any atom is -0.369 e. The molecule has 0 aromatic heterocycles. The summed E-state index contributed by atoms with van der Waals surface area (Å²) < 4.78 is 38.8. The summed E-state index contributed by atoms with van der Waals surface area (Å²) in [6.45, 7) is 4.65. The van der Waals surface area contributed by atoms with Crippen molar-refractivity contribution < 1.29 is 18.0 Å². The van der Waals surface area contributed by atoms with Crippen molar-refractivity contribution in [3.05, 3.63) is 29.3 Å². The molecule has 1 aromatic carbocycles. The normalized spacial score (nSPS) is 17.4. The molecular weight excluding hydrogens is 295 g/mol. The molecule has 22 heavy (non-hydrogen) atoms. The molecule has 1 amide bonds. The van der Waals surface area contributed by atoms with E-state index in [1.165, 1.54) is 6.07 Å². The number of piperazine rings is 1. The first-order valence-corrected chi connectivity index (χ1v) is 7.24. The molecule has 1 aliphatic heterocycles. The van der Waals surface area contributed by atoms with Gasteiger partial charge in [0.05, 0.1) is 5.56 Å². The van der Waals surface area contributed by atoms with Gasteiger partial charge in [-0.2, -0.15) is 13.2 Å². The number of rotatable bonds is 4. The van der Waals surface area contributed by atoms with Crippen molar-refractivity contribution in [1.29, 1.82) is 0 Å². The van der Waals surface area contributed by atoms with Crippen LogP contribution in [-0.4, -0.2) is 32.1 Å². The van der Waals surface area contributed by atoms with E-state index in [9.17, 15) is 18.0 Å². The number of carbonyl (C=O) groups is 1.